The molecule has 1 amide bonds. The number of esters is 1. The van der Waals surface area contributed by atoms with Crippen LogP contribution in [-0.2, 0) is 19.1 Å². The lowest BCUT2D eigenvalue weighted by atomic mass is 9.73. The van der Waals surface area contributed by atoms with Crippen LogP contribution in [0, 0.1) is 16.7 Å². The zero-order valence-corrected chi connectivity index (χ0v) is 23.2. The molecule has 0 heterocycles. The number of ether oxygens (including phenoxy) is 1. The van der Waals surface area contributed by atoms with Crippen LogP contribution in [0.3, 0.4) is 0 Å². The summed E-state index contributed by atoms with van der Waals surface area (Å²) in [6, 6.07) is -1.26. The van der Waals surface area contributed by atoms with Crippen LogP contribution in [-0.4, -0.2) is 78.5 Å². The Bertz CT molecular complexity index is 884. The SMILES string of the molecule is CCOC(=O)/C(C)=C/CN(C)C(O)[C@@H](NC(=O)C(NC)C(C)(C)C1=CCC(C(=O)O)C=C1)C(C)(C)C. The van der Waals surface area contributed by atoms with Crippen molar-refractivity contribution >= 4 is 17.8 Å². The Morgan fingerprint density at radius 3 is 2.31 bits per heavy atom. The van der Waals surface area contributed by atoms with Gasteiger partial charge in [-0.15, -0.1) is 0 Å². The Kier molecular flexibility index (Phi) is 11.5. The Morgan fingerprint density at radius 1 is 1.25 bits per heavy atom. The maximum absolute atomic E-state index is 13.5. The van der Waals surface area contributed by atoms with Crippen molar-refractivity contribution < 1.29 is 29.3 Å². The van der Waals surface area contributed by atoms with Gasteiger partial charge in [0.2, 0.25) is 5.91 Å². The summed E-state index contributed by atoms with van der Waals surface area (Å²) in [6.45, 7) is 13.7. The summed E-state index contributed by atoms with van der Waals surface area (Å²) in [6.07, 6.45) is 6.35. The van der Waals surface area contributed by atoms with Gasteiger partial charge in [-0.1, -0.05) is 58.9 Å². The van der Waals surface area contributed by atoms with Crippen LogP contribution in [0.25, 0.3) is 0 Å². The fourth-order valence-corrected chi connectivity index (χ4v) is 4.21. The summed E-state index contributed by atoms with van der Waals surface area (Å²) in [4.78, 5) is 38.3. The van der Waals surface area contributed by atoms with Gasteiger partial charge in [0.25, 0.3) is 0 Å². The number of hydrogen-bond donors (Lipinski definition) is 4. The van der Waals surface area contributed by atoms with E-state index >= 15 is 0 Å². The number of allylic oxidation sites excluding steroid dienone is 2. The maximum atomic E-state index is 13.5. The highest BCUT2D eigenvalue weighted by molar-refractivity contribution is 5.87. The van der Waals surface area contributed by atoms with Gasteiger partial charge in [0.1, 0.15) is 6.23 Å². The molecule has 3 unspecified atom stereocenters. The Morgan fingerprint density at radius 2 is 1.86 bits per heavy atom. The molecule has 0 bridgehead atoms. The van der Waals surface area contributed by atoms with Crippen molar-refractivity contribution in [2.75, 3.05) is 27.2 Å². The number of nitrogens with zero attached hydrogens (tertiary/aromatic N) is 1. The molecule has 1 aliphatic rings. The second-order valence-electron chi connectivity index (χ2n) is 11.0. The second-order valence-corrected chi connectivity index (χ2v) is 11.0. The number of amides is 1. The van der Waals surface area contributed by atoms with Crippen molar-refractivity contribution in [3.8, 4) is 0 Å². The molecule has 9 nitrogen and oxygen atoms in total. The Hall–Kier alpha value is -2.49. The van der Waals surface area contributed by atoms with Crippen LogP contribution >= 0.6 is 0 Å². The average molecular weight is 508 g/mol. The molecule has 0 saturated heterocycles. The molecule has 36 heavy (non-hydrogen) atoms. The first kappa shape index (κ1) is 31.5. The minimum Gasteiger partial charge on any atom is -0.481 e. The molecule has 0 fully saturated rings. The van der Waals surface area contributed by atoms with Crippen molar-refractivity contribution in [3.63, 3.8) is 0 Å². The van der Waals surface area contributed by atoms with Crippen LogP contribution in [0.2, 0.25) is 0 Å². The molecule has 0 aromatic carbocycles. The summed E-state index contributed by atoms with van der Waals surface area (Å²) in [7, 11) is 3.43. The first-order valence-corrected chi connectivity index (χ1v) is 12.4. The van der Waals surface area contributed by atoms with Crippen molar-refractivity contribution in [2.45, 2.75) is 73.2 Å². The third-order valence-electron chi connectivity index (χ3n) is 6.70. The Balaban J connectivity index is 3.06. The van der Waals surface area contributed by atoms with Gasteiger partial charge in [-0.25, -0.2) is 4.79 Å². The maximum Gasteiger partial charge on any atom is 0.333 e. The van der Waals surface area contributed by atoms with Crippen LogP contribution in [0.1, 0.15) is 54.9 Å². The van der Waals surface area contributed by atoms with E-state index in [1.54, 1.807) is 51.1 Å². The molecule has 4 atom stereocenters. The first-order chi connectivity index (χ1) is 16.6. The van der Waals surface area contributed by atoms with Gasteiger partial charge >= 0.3 is 11.9 Å². The van der Waals surface area contributed by atoms with Crippen LogP contribution in [0.5, 0.6) is 0 Å². The van der Waals surface area contributed by atoms with Gasteiger partial charge in [0.15, 0.2) is 0 Å². The number of rotatable bonds is 12. The Labute approximate surface area is 215 Å². The third kappa shape index (κ3) is 8.28. The van der Waals surface area contributed by atoms with E-state index in [1.807, 2.05) is 40.7 Å². The van der Waals surface area contributed by atoms with Crippen LogP contribution < -0.4 is 10.6 Å². The van der Waals surface area contributed by atoms with Crippen LogP contribution in [0.15, 0.2) is 35.5 Å². The van der Waals surface area contributed by atoms with Crippen LogP contribution in [0.4, 0.5) is 0 Å². The number of carboxylic acid groups (broad SMARTS) is 1. The van der Waals surface area contributed by atoms with Gasteiger partial charge in [-0.2, -0.15) is 0 Å². The van der Waals surface area contributed by atoms with Gasteiger partial charge in [0.05, 0.1) is 24.6 Å². The van der Waals surface area contributed by atoms with E-state index in [9.17, 15) is 24.6 Å². The lowest BCUT2D eigenvalue weighted by molar-refractivity contribution is -0.140. The number of likely N-dealkylation sites (N-methyl/N-ethyl adjacent to an activating group) is 2. The normalized spacial score (nSPS) is 19.4. The second kappa shape index (κ2) is 13.2. The largest absolute Gasteiger partial charge is 0.481 e. The van der Waals surface area contributed by atoms with E-state index in [-0.39, 0.29) is 19.1 Å². The number of carbonyl (C=O) groups excluding carboxylic acids is 2. The van der Waals surface area contributed by atoms with Crippen molar-refractivity contribution in [1.29, 1.82) is 0 Å². The summed E-state index contributed by atoms with van der Waals surface area (Å²) < 4.78 is 5.00. The molecule has 0 radical (unpaired) electrons. The molecule has 1 rings (SSSR count). The highest BCUT2D eigenvalue weighted by Gasteiger charge is 2.41. The molecule has 1 aliphatic carbocycles. The lowest BCUT2D eigenvalue weighted by Gasteiger charge is -2.41. The molecular formula is C27H45N3O6. The molecule has 0 saturated carbocycles. The summed E-state index contributed by atoms with van der Waals surface area (Å²) >= 11 is 0. The predicted molar refractivity (Wildman–Crippen MR) is 140 cm³/mol. The molecule has 0 aromatic heterocycles. The predicted octanol–water partition coefficient (Wildman–Crippen LogP) is 2.48. The average Bonchev–Trinajstić information content (AvgIpc) is 2.79. The van der Waals surface area contributed by atoms with E-state index in [2.05, 4.69) is 10.6 Å². The van der Waals surface area contributed by atoms with Crippen molar-refractivity contribution in [3.05, 3.63) is 35.5 Å². The third-order valence-corrected chi connectivity index (χ3v) is 6.70. The summed E-state index contributed by atoms with van der Waals surface area (Å²) in [5.41, 5.74) is 0.198. The van der Waals surface area contributed by atoms with E-state index in [4.69, 9.17) is 4.74 Å². The smallest absolute Gasteiger partial charge is 0.333 e. The van der Waals surface area contributed by atoms with Crippen molar-refractivity contribution in [1.82, 2.24) is 15.5 Å². The van der Waals surface area contributed by atoms with Gasteiger partial charge in [-0.3, -0.25) is 14.5 Å². The van der Waals surface area contributed by atoms with E-state index in [0.29, 0.717) is 12.0 Å². The standard InChI is InChI=1S/C27H45N3O6/c1-10-36-25(35)17(2)15-16-30(9)23(32)21(26(3,4)5)29-22(31)20(28-8)27(6,7)19-13-11-18(12-14-19)24(33)34/h11,13-15,18,20-21,23,28,32H,10,12,16H2,1-9H3,(H,29,31)(H,33,34)/b17-15+/t18?,20?,21-,23?/m1/s1. The zero-order valence-electron chi connectivity index (χ0n) is 23.2. The highest BCUT2D eigenvalue weighted by atomic mass is 16.5. The molecular weight excluding hydrogens is 462 g/mol. The number of carbonyl (C=O) groups is 3. The lowest BCUT2D eigenvalue weighted by Crippen LogP contribution is -2.61. The molecule has 204 valence electrons. The molecule has 9 heteroatoms. The number of nitrogens with one attached hydrogen (secondary N) is 2. The van der Waals surface area contributed by atoms with E-state index in [1.165, 1.54) is 0 Å². The van der Waals surface area contributed by atoms with Gasteiger partial charge < -0.3 is 25.6 Å². The number of carboxylic acids is 1. The van der Waals surface area contributed by atoms with Gasteiger partial charge in [0, 0.05) is 17.5 Å². The number of hydrogen-bond acceptors (Lipinski definition) is 7. The molecule has 0 aliphatic heterocycles. The van der Waals surface area contributed by atoms with E-state index in [0.717, 1.165) is 5.57 Å². The summed E-state index contributed by atoms with van der Waals surface area (Å²) in [5.74, 6) is -2.12. The minimum atomic E-state index is -1.02. The van der Waals surface area contributed by atoms with E-state index < -0.39 is 47.0 Å². The minimum absolute atomic E-state index is 0.275. The first-order valence-electron chi connectivity index (χ1n) is 12.4. The monoisotopic (exact) mass is 507 g/mol. The molecule has 0 spiro atoms. The number of aliphatic carboxylic acids is 1. The fraction of sp³-hybridized carbons (Fsp3) is 0.667. The topological polar surface area (TPSA) is 128 Å². The zero-order chi connectivity index (χ0) is 27.8. The molecule has 0 aromatic rings. The highest BCUT2D eigenvalue weighted by Crippen LogP contribution is 2.35. The van der Waals surface area contributed by atoms with Crippen molar-refractivity contribution in [2.24, 2.45) is 16.7 Å². The number of aliphatic hydroxyl groups is 1. The quantitative estimate of drug-likeness (QED) is 0.180. The fourth-order valence-electron chi connectivity index (χ4n) is 4.21. The summed E-state index contributed by atoms with van der Waals surface area (Å²) in [5, 5.41) is 26.6. The van der Waals surface area contributed by atoms with Gasteiger partial charge in [-0.05, 0) is 45.4 Å². The number of aliphatic hydroxyl groups excluding tert-OH is 1. The molecule has 4 N–H and O–H groups in total.